The van der Waals surface area contributed by atoms with Gasteiger partial charge in [-0.3, -0.25) is 19.7 Å². The number of nitrogens with zero attached hydrogens (tertiary/aromatic N) is 2. The molecule has 0 aliphatic carbocycles. The van der Waals surface area contributed by atoms with Crippen molar-refractivity contribution < 1.29 is 14.5 Å². The number of benzene rings is 2. The van der Waals surface area contributed by atoms with Crippen molar-refractivity contribution in [2.24, 2.45) is 0 Å². The second-order valence-electron chi connectivity index (χ2n) is 4.89. The Labute approximate surface area is 132 Å². The van der Waals surface area contributed by atoms with Crippen molar-refractivity contribution >= 4 is 28.9 Å². The first-order valence-electron chi connectivity index (χ1n) is 6.78. The lowest BCUT2D eigenvalue weighted by Gasteiger charge is -2.16. The van der Waals surface area contributed by atoms with E-state index in [1.54, 1.807) is 31.3 Å². The lowest BCUT2D eigenvalue weighted by atomic mass is 10.2. The lowest BCUT2D eigenvalue weighted by Crippen LogP contribution is -2.23. The SMILES string of the molecule is CC(=O)N(C)c1cccc(NC(=O)c2ccc([N+](=O)[O-])cc2)c1. The third-order valence-corrected chi connectivity index (χ3v) is 3.30. The number of rotatable bonds is 4. The van der Waals surface area contributed by atoms with Crippen LogP contribution in [0.15, 0.2) is 48.5 Å². The van der Waals surface area contributed by atoms with Crippen molar-refractivity contribution in [3.05, 3.63) is 64.2 Å². The van der Waals surface area contributed by atoms with Crippen molar-refractivity contribution in [1.29, 1.82) is 0 Å². The predicted molar refractivity (Wildman–Crippen MR) is 86.6 cm³/mol. The highest BCUT2D eigenvalue weighted by molar-refractivity contribution is 6.04. The number of amides is 2. The molecule has 0 unspecified atom stereocenters. The first-order chi connectivity index (χ1) is 10.9. The number of carbonyl (C=O) groups is 2. The topological polar surface area (TPSA) is 92.6 Å². The summed E-state index contributed by atoms with van der Waals surface area (Å²) >= 11 is 0. The zero-order valence-electron chi connectivity index (χ0n) is 12.6. The predicted octanol–water partition coefficient (Wildman–Crippen LogP) is 2.83. The van der Waals surface area contributed by atoms with Crippen LogP contribution in [0.25, 0.3) is 0 Å². The minimum Gasteiger partial charge on any atom is -0.322 e. The summed E-state index contributed by atoms with van der Waals surface area (Å²) in [5.74, 6) is -0.508. The summed E-state index contributed by atoms with van der Waals surface area (Å²) in [6.07, 6.45) is 0. The molecule has 7 heteroatoms. The van der Waals surface area contributed by atoms with Crippen LogP contribution in [0.5, 0.6) is 0 Å². The van der Waals surface area contributed by atoms with Gasteiger partial charge in [0.15, 0.2) is 0 Å². The van der Waals surface area contributed by atoms with E-state index in [0.29, 0.717) is 16.9 Å². The Morgan fingerprint density at radius 3 is 2.35 bits per heavy atom. The number of nitrogens with one attached hydrogen (secondary N) is 1. The van der Waals surface area contributed by atoms with Crippen molar-refractivity contribution in [3.8, 4) is 0 Å². The van der Waals surface area contributed by atoms with Gasteiger partial charge in [-0.1, -0.05) is 6.07 Å². The molecule has 2 aromatic rings. The Morgan fingerprint density at radius 1 is 1.13 bits per heavy atom. The van der Waals surface area contributed by atoms with Crippen LogP contribution < -0.4 is 10.2 Å². The molecule has 0 aliphatic rings. The maximum atomic E-state index is 12.1. The molecule has 7 nitrogen and oxygen atoms in total. The number of hydrogen-bond donors (Lipinski definition) is 1. The van der Waals surface area contributed by atoms with Gasteiger partial charge in [-0.2, -0.15) is 0 Å². The third kappa shape index (κ3) is 3.91. The molecule has 118 valence electrons. The molecule has 0 radical (unpaired) electrons. The number of carbonyl (C=O) groups excluding carboxylic acids is 2. The Bertz CT molecular complexity index is 756. The molecule has 2 amide bonds. The van der Waals surface area contributed by atoms with Crippen molar-refractivity contribution in [1.82, 2.24) is 0 Å². The normalized spacial score (nSPS) is 10.0. The molecular formula is C16H15N3O4. The van der Waals surface area contributed by atoms with E-state index in [-0.39, 0.29) is 17.5 Å². The molecule has 0 atom stereocenters. The maximum Gasteiger partial charge on any atom is 0.269 e. The van der Waals surface area contributed by atoms with Crippen LogP contribution in [-0.2, 0) is 4.79 Å². The number of anilines is 2. The largest absolute Gasteiger partial charge is 0.322 e. The van der Waals surface area contributed by atoms with Gasteiger partial charge in [0.1, 0.15) is 0 Å². The molecule has 0 heterocycles. The Balaban J connectivity index is 2.15. The van der Waals surface area contributed by atoms with E-state index in [1.807, 2.05) is 0 Å². The highest BCUT2D eigenvalue weighted by Crippen LogP contribution is 2.20. The fourth-order valence-electron chi connectivity index (χ4n) is 1.91. The quantitative estimate of drug-likeness (QED) is 0.694. The molecule has 0 saturated carbocycles. The standard InChI is InChI=1S/C16H15N3O4/c1-11(20)18(2)15-5-3-4-13(10-15)17-16(21)12-6-8-14(9-7-12)19(22)23/h3-10H,1-2H3,(H,17,21). The Morgan fingerprint density at radius 2 is 1.78 bits per heavy atom. The molecule has 0 bridgehead atoms. The van der Waals surface area contributed by atoms with Crippen LogP contribution in [0, 0.1) is 10.1 Å². The monoisotopic (exact) mass is 313 g/mol. The first kappa shape index (κ1) is 16.2. The van der Waals surface area contributed by atoms with E-state index >= 15 is 0 Å². The van der Waals surface area contributed by atoms with E-state index in [1.165, 1.54) is 36.1 Å². The fraction of sp³-hybridized carbons (Fsp3) is 0.125. The Kier molecular flexibility index (Phi) is 4.70. The van der Waals surface area contributed by atoms with Crippen LogP contribution in [-0.4, -0.2) is 23.8 Å². The van der Waals surface area contributed by atoms with Crippen molar-refractivity contribution in [2.45, 2.75) is 6.92 Å². The summed E-state index contributed by atoms with van der Waals surface area (Å²) in [5.41, 5.74) is 1.41. The van der Waals surface area contributed by atoms with Crippen molar-refractivity contribution in [3.63, 3.8) is 0 Å². The molecule has 0 fully saturated rings. The van der Waals surface area contributed by atoms with Gasteiger partial charge in [0, 0.05) is 43.0 Å². The smallest absolute Gasteiger partial charge is 0.269 e. The summed E-state index contributed by atoms with van der Waals surface area (Å²) < 4.78 is 0. The van der Waals surface area contributed by atoms with Gasteiger partial charge in [-0.15, -0.1) is 0 Å². The van der Waals surface area contributed by atoms with Gasteiger partial charge in [0.25, 0.3) is 11.6 Å². The van der Waals surface area contributed by atoms with Crippen LogP contribution in [0.1, 0.15) is 17.3 Å². The molecule has 0 aliphatic heterocycles. The van der Waals surface area contributed by atoms with Gasteiger partial charge in [-0.05, 0) is 30.3 Å². The van der Waals surface area contributed by atoms with E-state index < -0.39 is 4.92 Å². The van der Waals surface area contributed by atoms with Crippen molar-refractivity contribution in [2.75, 3.05) is 17.3 Å². The van der Waals surface area contributed by atoms with Gasteiger partial charge >= 0.3 is 0 Å². The van der Waals surface area contributed by atoms with E-state index in [4.69, 9.17) is 0 Å². The lowest BCUT2D eigenvalue weighted by molar-refractivity contribution is -0.384. The number of hydrogen-bond acceptors (Lipinski definition) is 4. The number of nitro groups is 1. The van der Waals surface area contributed by atoms with Crippen LogP contribution in [0.2, 0.25) is 0 Å². The average molecular weight is 313 g/mol. The summed E-state index contributed by atoms with van der Waals surface area (Å²) in [5, 5.41) is 13.3. The molecule has 0 spiro atoms. The van der Waals surface area contributed by atoms with E-state index in [2.05, 4.69) is 5.32 Å². The summed E-state index contributed by atoms with van der Waals surface area (Å²) in [4.78, 5) is 35.1. The zero-order chi connectivity index (χ0) is 17.0. The molecule has 2 rings (SSSR count). The van der Waals surface area contributed by atoms with Gasteiger partial charge in [0.05, 0.1) is 4.92 Å². The highest BCUT2D eigenvalue weighted by atomic mass is 16.6. The number of non-ortho nitro benzene ring substituents is 1. The van der Waals surface area contributed by atoms with Gasteiger partial charge in [-0.25, -0.2) is 0 Å². The molecule has 23 heavy (non-hydrogen) atoms. The van der Waals surface area contributed by atoms with Gasteiger partial charge < -0.3 is 10.2 Å². The van der Waals surface area contributed by atoms with E-state index in [9.17, 15) is 19.7 Å². The second-order valence-corrected chi connectivity index (χ2v) is 4.89. The third-order valence-electron chi connectivity index (χ3n) is 3.30. The van der Waals surface area contributed by atoms with E-state index in [0.717, 1.165) is 0 Å². The summed E-state index contributed by atoms with van der Waals surface area (Å²) in [7, 11) is 1.64. The maximum absolute atomic E-state index is 12.1. The zero-order valence-corrected chi connectivity index (χ0v) is 12.6. The summed E-state index contributed by atoms with van der Waals surface area (Å²) in [6, 6.07) is 12.2. The fourth-order valence-corrected chi connectivity index (χ4v) is 1.91. The molecule has 0 aromatic heterocycles. The minimum atomic E-state index is -0.525. The Hall–Kier alpha value is -3.22. The van der Waals surface area contributed by atoms with Crippen LogP contribution in [0.3, 0.4) is 0 Å². The minimum absolute atomic E-state index is 0.0772. The van der Waals surface area contributed by atoms with Crippen LogP contribution in [0.4, 0.5) is 17.1 Å². The van der Waals surface area contributed by atoms with Crippen LogP contribution >= 0.6 is 0 Å². The molecule has 0 saturated heterocycles. The second kappa shape index (κ2) is 6.69. The molecular weight excluding hydrogens is 298 g/mol. The van der Waals surface area contributed by atoms with Gasteiger partial charge in [0.2, 0.25) is 5.91 Å². The first-order valence-corrected chi connectivity index (χ1v) is 6.78. The average Bonchev–Trinajstić information content (AvgIpc) is 2.54. The summed E-state index contributed by atoms with van der Waals surface area (Å²) in [6.45, 7) is 1.45. The number of nitro benzene ring substituents is 1. The molecule has 2 aromatic carbocycles. The molecule has 1 N–H and O–H groups in total. The highest BCUT2D eigenvalue weighted by Gasteiger charge is 2.11.